The molecule has 6 nitrogen and oxygen atoms in total. The van der Waals surface area contributed by atoms with Gasteiger partial charge in [0.25, 0.3) is 0 Å². The molecule has 1 aromatic carbocycles. The molecule has 0 aliphatic carbocycles. The lowest BCUT2D eigenvalue weighted by Crippen LogP contribution is -2.41. The van der Waals surface area contributed by atoms with Crippen LogP contribution >= 0.6 is 0 Å². The van der Waals surface area contributed by atoms with Crippen LogP contribution in [0.2, 0.25) is 0 Å². The maximum atomic E-state index is 11.9. The van der Waals surface area contributed by atoms with Crippen LogP contribution < -0.4 is 5.32 Å². The maximum absolute atomic E-state index is 11.9. The summed E-state index contributed by atoms with van der Waals surface area (Å²) in [5.74, 6) is -1.34. The number of phenolic OH excluding ortho intramolecular Hbond substituents is 1. The SMILES string of the molecule is CC(CC(Cc1ccc(O)cc1)NC(=O)OC(C)(C)C)C(=O)O. The van der Waals surface area contributed by atoms with Crippen LogP contribution in [0.25, 0.3) is 0 Å². The summed E-state index contributed by atoms with van der Waals surface area (Å²) in [5.41, 5.74) is 0.271. The summed E-state index contributed by atoms with van der Waals surface area (Å²) < 4.78 is 5.23. The Balaban J connectivity index is 2.77. The number of alkyl carbamates (subject to hydrolysis) is 1. The minimum absolute atomic E-state index is 0.157. The number of phenols is 1. The summed E-state index contributed by atoms with van der Waals surface area (Å²) in [6.45, 7) is 6.90. The van der Waals surface area contributed by atoms with Gasteiger partial charge in [-0.25, -0.2) is 4.79 Å². The smallest absolute Gasteiger partial charge is 0.407 e. The highest BCUT2D eigenvalue weighted by atomic mass is 16.6. The van der Waals surface area contributed by atoms with E-state index in [0.29, 0.717) is 6.42 Å². The molecule has 0 radical (unpaired) electrons. The fourth-order valence-electron chi connectivity index (χ4n) is 2.11. The van der Waals surface area contributed by atoms with Crippen molar-refractivity contribution in [1.82, 2.24) is 5.32 Å². The van der Waals surface area contributed by atoms with Gasteiger partial charge in [0.15, 0.2) is 0 Å². The normalized spacial score (nSPS) is 13.9. The largest absolute Gasteiger partial charge is 0.508 e. The lowest BCUT2D eigenvalue weighted by molar-refractivity contribution is -0.141. The highest BCUT2D eigenvalue weighted by molar-refractivity contribution is 5.70. The van der Waals surface area contributed by atoms with Gasteiger partial charge in [-0.05, 0) is 51.3 Å². The van der Waals surface area contributed by atoms with E-state index in [1.807, 2.05) is 0 Å². The molecule has 23 heavy (non-hydrogen) atoms. The topological polar surface area (TPSA) is 95.9 Å². The van der Waals surface area contributed by atoms with Gasteiger partial charge >= 0.3 is 12.1 Å². The Morgan fingerprint density at radius 3 is 2.26 bits per heavy atom. The van der Waals surface area contributed by atoms with Crippen molar-refractivity contribution in [2.75, 3.05) is 0 Å². The van der Waals surface area contributed by atoms with Gasteiger partial charge in [-0.2, -0.15) is 0 Å². The molecule has 0 spiro atoms. The molecule has 128 valence electrons. The first kappa shape index (κ1) is 18.8. The van der Waals surface area contributed by atoms with Gasteiger partial charge in [-0.1, -0.05) is 19.1 Å². The molecule has 0 bridgehead atoms. The highest BCUT2D eigenvalue weighted by Crippen LogP contribution is 2.16. The fourth-order valence-corrected chi connectivity index (χ4v) is 2.11. The molecule has 0 aliphatic rings. The molecule has 1 amide bonds. The van der Waals surface area contributed by atoms with Crippen molar-refractivity contribution < 1.29 is 24.5 Å². The molecule has 0 saturated heterocycles. The number of hydrogen-bond donors (Lipinski definition) is 3. The Labute approximate surface area is 136 Å². The molecule has 3 N–H and O–H groups in total. The third kappa shape index (κ3) is 7.54. The molecule has 0 aliphatic heterocycles. The molecule has 1 aromatic rings. The van der Waals surface area contributed by atoms with Crippen molar-refractivity contribution >= 4 is 12.1 Å². The predicted octanol–water partition coefficient (Wildman–Crippen LogP) is 2.94. The van der Waals surface area contributed by atoms with Crippen LogP contribution in [0.4, 0.5) is 4.79 Å². The van der Waals surface area contributed by atoms with E-state index < -0.39 is 23.6 Å². The van der Waals surface area contributed by atoms with E-state index in [4.69, 9.17) is 9.84 Å². The van der Waals surface area contributed by atoms with Gasteiger partial charge in [-0.15, -0.1) is 0 Å². The molecule has 0 aromatic heterocycles. The van der Waals surface area contributed by atoms with Crippen molar-refractivity contribution in [2.24, 2.45) is 5.92 Å². The standard InChI is InChI=1S/C17H25NO5/c1-11(15(20)21)9-13(18-16(22)23-17(2,3)4)10-12-5-7-14(19)8-6-12/h5-8,11,13,19H,9-10H2,1-4H3,(H,18,22)(H,20,21). The minimum atomic E-state index is -0.910. The van der Waals surface area contributed by atoms with Crippen LogP contribution in [0.5, 0.6) is 5.75 Å². The summed E-state index contributed by atoms with van der Waals surface area (Å²) in [4.78, 5) is 23.0. The second kappa shape index (κ2) is 7.85. The van der Waals surface area contributed by atoms with Crippen molar-refractivity contribution in [3.63, 3.8) is 0 Å². The van der Waals surface area contributed by atoms with Gasteiger partial charge in [0.2, 0.25) is 0 Å². The number of nitrogens with one attached hydrogen (secondary N) is 1. The monoisotopic (exact) mass is 323 g/mol. The van der Waals surface area contributed by atoms with Crippen LogP contribution in [-0.2, 0) is 16.0 Å². The summed E-state index contributed by atoms with van der Waals surface area (Å²) in [7, 11) is 0. The number of benzene rings is 1. The molecule has 6 heteroatoms. The van der Waals surface area contributed by atoms with Gasteiger partial charge in [0.1, 0.15) is 11.4 Å². The number of aromatic hydroxyl groups is 1. The molecule has 2 unspecified atom stereocenters. The van der Waals surface area contributed by atoms with Crippen molar-refractivity contribution in [2.45, 2.75) is 52.2 Å². The van der Waals surface area contributed by atoms with Gasteiger partial charge < -0.3 is 20.3 Å². The number of carbonyl (C=O) groups excluding carboxylic acids is 1. The lowest BCUT2D eigenvalue weighted by atomic mass is 9.96. The van der Waals surface area contributed by atoms with E-state index in [9.17, 15) is 14.7 Å². The zero-order valence-corrected chi connectivity index (χ0v) is 14.0. The third-order valence-electron chi connectivity index (χ3n) is 3.20. The molecule has 1 rings (SSSR count). The van der Waals surface area contributed by atoms with Crippen LogP contribution in [0, 0.1) is 5.92 Å². The van der Waals surface area contributed by atoms with Crippen molar-refractivity contribution in [3.05, 3.63) is 29.8 Å². The van der Waals surface area contributed by atoms with Gasteiger partial charge in [-0.3, -0.25) is 4.79 Å². The lowest BCUT2D eigenvalue weighted by Gasteiger charge is -2.24. The van der Waals surface area contributed by atoms with E-state index in [-0.39, 0.29) is 18.2 Å². The van der Waals surface area contributed by atoms with Crippen LogP contribution in [0.1, 0.15) is 39.7 Å². The van der Waals surface area contributed by atoms with Crippen LogP contribution in [0.15, 0.2) is 24.3 Å². The zero-order chi connectivity index (χ0) is 17.6. The molecule has 2 atom stereocenters. The molecule has 0 heterocycles. The molecule has 0 saturated carbocycles. The molecular weight excluding hydrogens is 298 g/mol. The summed E-state index contributed by atoms with van der Waals surface area (Å²) in [5, 5.41) is 21.1. The van der Waals surface area contributed by atoms with Crippen LogP contribution in [-0.4, -0.2) is 33.9 Å². The maximum Gasteiger partial charge on any atom is 0.407 e. The van der Waals surface area contributed by atoms with Gasteiger partial charge in [0.05, 0.1) is 5.92 Å². The van der Waals surface area contributed by atoms with E-state index in [2.05, 4.69) is 5.32 Å². The summed E-state index contributed by atoms with van der Waals surface area (Å²) in [6, 6.07) is 6.22. The average Bonchev–Trinajstić information content (AvgIpc) is 2.38. The van der Waals surface area contributed by atoms with Crippen molar-refractivity contribution in [3.8, 4) is 5.75 Å². The Kier molecular flexibility index (Phi) is 6.42. The molecular formula is C17H25NO5. The van der Waals surface area contributed by atoms with E-state index >= 15 is 0 Å². The summed E-state index contributed by atoms with van der Waals surface area (Å²) in [6.07, 6.45) is 0.172. The van der Waals surface area contributed by atoms with E-state index in [1.54, 1.807) is 52.0 Å². The van der Waals surface area contributed by atoms with Gasteiger partial charge in [0, 0.05) is 6.04 Å². The second-order valence-corrected chi connectivity index (χ2v) is 6.69. The van der Waals surface area contributed by atoms with E-state index in [0.717, 1.165) is 5.56 Å². The second-order valence-electron chi connectivity index (χ2n) is 6.69. The summed E-state index contributed by atoms with van der Waals surface area (Å²) >= 11 is 0. The molecule has 0 fully saturated rings. The number of carboxylic acids is 1. The van der Waals surface area contributed by atoms with Crippen molar-refractivity contribution in [1.29, 1.82) is 0 Å². The Morgan fingerprint density at radius 1 is 1.22 bits per heavy atom. The first-order valence-corrected chi connectivity index (χ1v) is 7.57. The fraction of sp³-hybridized carbons (Fsp3) is 0.529. The zero-order valence-electron chi connectivity index (χ0n) is 14.0. The Morgan fingerprint density at radius 2 is 1.78 bits per heavy atom. The number of aliphatic carboxylic acids is 1. The highest BCUT2D eigenvalue weighted by Gasteiger charge is 2.23. The Bertz CT molecular complexity index is 533. The quantitative estimate of drug-likeness (QED) is 0.748. The number of carboxylic acid groups (broad SMARTS) is 1. The first-order chi connectivity index (χ1) is 10.6. The number of amides is 1. The number of hydrogen-bond acceptors (Lipinski definition) is 4. The average molecular weight is 323 g/mol. The third-order valence-corrected chi connectivity index (χ3v) is 3.20. The first-order valence-electron chi connectivity index (χ1n) is 7.57. The van der Waals surface area contributed by atoms with E-state index in [1.165, 1.54) is 0 Å². The number of carbonyl (C=O) groups is 2. The number of ether oxygens (including phenoxy) is 1. The number of rotatable bonds is 6. The minimum Gasteiger partial charge on any atom is -0.508 e. The van der Waals surface area contributed by atoms with Crippen LogP contribution in [0.3, 0.4) is 0 Å². The Hall–Kier alpha value is -2.24. The predicted molar refractivity (Wildman–Crippen MR) is 86.4 cm³/mol.